The number of aliphatic hydroxyl groups is 1. The number of hydrogen-bond donors (Lipinski definition) is 6. The SMILES string of the molecule is C=C/C=C(\C=C/C)C(=O)NC(C(=O)NCC=O)[C@@H](C)CC.CCC.CCC.CCNC(=O)C(CO)NCC(CC(C)C)NC. The molecule has 0 aliphatic heterocycles. The highest BCUT2D eigenvalue weighted by atomic mass is 16.3. The lowest BCUT2D eigenvalue weighted by Crippen LogP contribution is -2.50. The predicted molar refractivity (Wildman–Crippen MR) is 185 cm³/mol. The number of aliphatic hydroxyl groups excluding tert-OH is 1. The summed E-state index contributed by atoms with van der Waals surface area (Å²) in [7, 11) is 1.91. The molecule has 0 aromatic rings. The molecule has 0 bridgehead atoms. The van der Waals surface area contributed by atoms with Crippen LogP contribution in [0.15, 0.2) is 36.5 Å². The van der Waals surface area contributed by atoms with Gasteiger partial charge in [-0.2, -0.15) is 0 Å². The normalized spacial score (nSPS) is 13.3. The minimum Gasteiger partial charge on any atom is -0.394 e. The summed E-state index contributed by atoms with van der Waals surface area (Å²) >= 11 is 0. The Morgan fingerprint density at radius 3 is 1.89 bits per heavy atom. The molecule has 0 heterocycles. The first kappa shape index (κ1) is 48.1. The molecule has 0 rings (SSSR count). The molecule has 3 unspecified atom stereocenters. The van der Waals surface area contributed by atoms with Gasteiger partial charge in [0.1, 0.15) is 18.4 Å². The zero-order valence-corrected chi connectivity index (χ0v) is 29.7. The molecule has 44 heavy (non-hydrogen) atoms. The highest BCUT2D eigenvalue weighted by molar-refractivity contribution is 5.99. The molecule has 0 radical (unpaired) electrons. The quantitative estimate of drug-likeness (QED) is 0.0765. The summed E-state index contributed by atoms with van der Waals surface area (Å²) in [6.07, 6.45) is 11.3. The van der Waals surface area contributed by atoms with Crippen molar-refractivity contribution in [3.63, 3.8) is 0 Å². The first-order valence-corrected chi connectivity index (χ1v) is 16.2. The average Bonchev–Trinajstić information content (AvgIpc) is 2.98. The molecule has 10 heteroatoms. The van der Waals surface area contributed by atoms with E-state index in [9.17, 15) is 19.2 Å². The molecule has 0 saturated carbocycles. The maximum atomic E-state index is 12.2. The molecule has 10 nitrogen and oxygen atoms in total. The highest BCUT2D eigenvalue weighted by Crippen LogP contribution is 2.10. The van der Waals surface area contributed by atoms with Crippen molar-refractivity contribution < 1.29 is 24.3 Å². The van der Waals surface area contributed by atoms with Gasteiger partial charge in [-0.1, -0.05) is 106 Å². The van der Waals surface area contributed by atoms with Crippen molar-refractivity contribution in [2.45, 2.75) is 113 Å². The van der Waals surface area contributed by atoms with Gasteiger partial charge in [0.05, 0.1) is 13.2 Å². The number of likely N-dealkylation sites (N-methyl/N-ethyl adjacent to an activating group) is 2. The lowest BCUT2D eigenvalue weighted by atomic mass is 9.97. The molecule has 0 aliphatic rings. The summed E-state index contributed by atoms with van der Waals surface area (Å²) < 4.78 is 0. The van der Waals surface area contributed by atoms with Crippen LogP contribution in [0.25, 0.3) is 0 Å². The van der Waals surface area contributed by atoms with Crippen LogP contribution >= 0.6 is 0 Å². The number of aldehydes is 1. The van der Waals surface area contributed by atoms with E-state index in [-0.39, 0.29) is 36.8 Å². The number of allylic oxidation sites excluding steroid dienone is 3. The van der Waals surface area contributed by atoms with E-state index in [1.165, 1.54) is 18.9 Å². The van der Waals surface area contributed by atoms with Gasteiger partial charge in [-0.15, -0.1) is 0 Å². The fraction of sp³-hybridized carbons (Fsp3) is 0.706. The Labute approximate surface area is 269 Å². The third-order valence-corrected chi connectivity index (χ3v) is 5.67. The van der Waals surface area contributed by atoms with E-state index in [1.807, 2.05) is 27.8 Å². The lowest BCUT2D eigenvalue weighted by molar-refractivity contribution is -0.129. The molecule has 6 N–H and O–H groups in total. The van der Waals surface area contributed by atoms with E-state index in [0.717, 1.165) is 12.8 Å². The molecule has 4 atom stereocenters. The van der Waals surface area contributed by atoms with Gasteiger partial charge in [-0.25, -0.2) is 0 Å². The molecular weight excluding hydrogens is 558 g/mol. The van der Waals surface area contributed by atoms with Gasteiger partial charge in [-0.05, 0) is 39.2 Å². The minimum atomic E-state index is -0.680. The second-order valence-corrected chi connectivity index (χ2v) is 10.7. The summed E-state index contributed by atoms with van der Waals surface area (Å²) in [4.78, 5) is 46.1. The van der Waals surface area contributed by atoms with E-state index in [2.05, 4.69) is 74.7 Å². The van der Waals surface area contributed by atoms with Gasteiger partial charge in [0.2, 0.25) is 11.8 Å². The first-order valence-electron chi connectivity index (χ1n) is 16.2. The van der Waals surface area contributed by atoms with Crippen LogP contribution in [0.4, 0.5) is 0 Å². The van der Waals surface area contributed by atoms with Crippen LogP contribution in [0.3, 0.4) is 0 Å². The van der Waals surface area contributed by atoms with E-state index in [1.54, 1.807) is 25.2 Å². The number of carbonyl (C=O) groups is 4. The Balaban J connectivity index is -0.000000312. The smallest absolute Gasteiger partial charge is 0.251 e. The Morgan fingerprint density at radius 2 is 1.50 bits per heavy atom. The first-order chi connectivity index (χ1) is 20.9. The molecule has 0 aliphatic carbocycles. The van der Waals surface area contributed by atoms with Crippen LogP contribution in [0, 0.1) is 11.8 Å². The number of amides is 3. The molecule has 258 valence electrons. The summed E-state index contributed by atoms with van der Waals surface area (Å²) in [6.45, 7) is 24.9. The second-order valence-electron chi connectivity index (χ2n) is 10.7. The molecule has 3 amide bonds. The zero-order chi connectivity index (χ0) is 34.9. The van der Waals surface area contributed by atoms with Gasteiger partial charge in [0.15, 0.2) is 0 Å². The van der Waals surface area contributed by atoms with Crippen LogP contribution in [-0.2, 0) is 19.2 Å². The van der Waals surface area contributed by atoms with Gasteiger partial charge in [0, 0.05) is 24.7 Å². The summed E-state index contributed by atoms with van der Waals surface area (Å²) in [5, 5.41) is 23.3. The topological polar surface area (TPSA) is 149 Å². The van der Waals surface area contributed by atoms with E-state index < -0.39 is 12.1 Å². The van der Waals surface area contributed by atoms with Crippen LogP contribution < -0.4 is 26.6 Å². The number of rotatable bonds is 18. The van der Waals surface area contributed by atoms with Crippen molar-refractivity contribution in [2.24, 2.45) is 11.8 Å². The zero-order valence-electron chi connectivity index (χ0n) is 29.7. The third-order valence-electron chi connectivity index (χ3n) is 5.67. The van der Waals surface area contributed by atoms with Gasteiger partial charge in [-0.3, -0.25) is 14.4 Å². The summed E-state index contributed by atoms with van der Waals surface area (Å²) in [5.41, 5.74) is 0.420. The maximum absolute atomic E-state index is 12.2. The van der Waals surface area contributed by atoms with Crippen molar-refractivity contribution in [3.05, 3.63) is 36.5 Å². The molecule has 0 spiro atoms. The number of nitrogens with one attached hydrogen (secondary N) is 5. The van der Waals surface area contributed by atoms with Crippen molar-refractivity contribution >= 4 is 24.0 Å². The molecule has 0 aromatic carbocycles. The molecule has 0 aromatic heterocycles. The lowest BCUT2D eigenvalue weighted by Gasteiger charge is -2.23. The number of carbonyl (C=O) groups excluding carboxylic acids is 4. The third kappa shape index (κ3) is 28.0. The predicted octanol–water partition coefficient (Wildman–Crippen LogP) is 4.06. The van der Waals surface area contributed by atoms with Crippen LogP contribution in [0.5, 0.6) is 0 Å². The van der Waals surface area contributed by atoms with Crippen molar-refractivity contribution in [2.75, 3.05) is 33.3 Å². The number of hydrogen-bond acceptors (Lipinski definition) is 7. The standard InChI is InChI=1S/C16H24N2O3.C12H27N3O2.2C3H8/c1-5-8-13(9-6-2)15(20)18-14(12(4)7-3)16(21)17-10-11-19;1-5-14-12(17)11(8-16)15-7-10(13-4)6-9(2)3;2*1-3-2/h5-6,8-9,11-12,14H,1,7,10H2,2-4H3,(H,17,21)(H,18,20);9-11,13,15-16H,5-8H2,1-4H3,(H,14,17);2*3H2,1-2H3/b9-6-,13-8+;;;/t12-,14?;;;/m0.../s1. The second kappa shape index (κ2) is 34.7. The fourth-order valence-corrected chi connectivity index (χ4v) is 3.39. The Kier molecular flexibility index (Phi) is 37.9. The van der Waals surface area contributed by atoms with E-state index >= 15 is 0 Å². The van der Waals surface area contributed by atoms with Crippen molar-refractivity contribution in [3.8, 4) is 0 Å². The van der Waals surface area contributed by atoms with E-state index in [4.69, 9.17) is 5.11 Å². The molecule has 0 saturated heterocycles. The minimum absolute atomic E-state index is 0.0452. The summed E-state index contributed by atoms with van der Waals surface area (Å²) in [6, 6.07) is -0.877. The molecular formula is C34H67N5O5. The van der Waals surface area contributed by atoms with Crippen LogP contribution in [-0.4, -0.2) is 80.5 Å². The van der Waals surface area contributed by atoms with Gasteiger partial charge in [0.25, 0.3) is 5.91 Å². The molecule has 0 fully saturated rings. The van der Waals surface area contributed by atoms with Gasteiger partial charge >= 0.3 is 0 Å². The van der Waals surface area contributed by atoms with Crippen LogP contribution in [0.1, 0.15) is 94.9 Å². The van der Waals surface area contributed by atoms with Crippen molar-refractivity contribution in [1.82, 2.24) is 26.6 Å². The Hall–Kier alpha value is -2.82. The Morgan fingerprint density at radius 1 is 0.932 bits per heavy atom. The summed E-state index contributed by atoms with van der Waals surface area (Å²) in [5.74, 6) is -0.292. The maximum Gasteiger partial charge on any atom is 0.251 e. The van der Waals surface area contributed by atoms with Crippen LogP contribution in [0.2, 0.25) is 0 Å². The largest absolute Gasteiger partial charge is 0.394 e. The Bertz CT molecular complexity index is 797. The monoisotopic (exact) mass is 626 g/mol. The van der Waals surface area contributed by atoms with E-state index in [0.29, 0.717) is 36.9 Å². The van der Waals surface area contributed by atoms with Gasteiger partial charge < -0.3 is 36.5 Å². The van der Waals surface area contributed by atoms with Crippen molar-refractivity contribution in [1.29, 1.82) is 0 Å². The average molecular weight is 626 g/mol. The fourth-order valence-electron chi connectivity index (χ4n) is 3.39. The highest BCUT2D eigenvalue weighted by Gasteiger charge is 2.26.